The van der Waals surface area contributed by atoms with E-state index in [1.165, 1.54) is 18.2 Å². The van der Waals surface area contributed by atoms with Crippen molar-refractivity contribution < 1.29 is 17.6 Å². The molecule has 3 rings (SSSR count). The van der Waals surface area contributed by atoms with Gasteiger partial charge in [0.2, 0.25) is 5.91 Å². The van der Waals surface area contributed by atoms with Gasteiger partial charge in [-0.1, -0.05) is 12.1 Å². The van der Waals surface area contributed by atoms with Gasteiger partial charge in [-0.15, -0.1) is 0 Å². The molecule has 0 aliphatic carbocycles. The Hall–Kier alpha value is -2.41. The Balaban J connectivity index is 1.92. The van der Waals surface area contributed by atoms with Gasteiger partial charge in [0.05, 0.1) is 10.6 Å². The Kier molecular flexibility index (Phi) is 4.28. The molecule has 2 aromatic rings. The summed E-state index contributed by atoms with van der Waals surface area (Å²) in [4.78, 5) is 13.4. The summed E-state index contributed by atoms with van der Waals surface area (Å²) in [7, 11) is -3.90. The molecule has 1 amide bonds. The Bertz CT molecular complexity index is 896. The van der Waals surface area contributed by atoms with Crippen molar-refractivity contribution >= 4 is 27.3 Å². The van der Waals surface area contributed by atoms with Gasteiger partial charge in [0.1, 0.15) is 5.82 Å². The number of benzene rings is 2. The molecule has 0 spiro atoms. The lowest BCUT2D eigenvalue weighted by Crippen LogP contribution is -2.24. The number of hydrogen-bond acceptors (Lipinski definition) is 3. The molecule has 5 nitrogen and oxygen atoms in total. The first-order chi connectivity index (χ1) is 11.4. The highest BCUT2D eigenvalue weighted by Gasteiger charge is 2.24. The fraction of sp³-hybridized carbons (Fsp3) is 0.235. The summed E-state index contributed by atoms with van der Waals surface area (Å²) in [5, 5.41) is 0. The average molecular weight is 348 g/mol. The molecule has 126 valence electrons. The van der Waals surface area contributed by atoms with Gasteiger partial charge in [-0.25, -0.2) is 12.8 Å². The Morgan fingerprint density at radius 3 is 2.62 bits per heavy atom. The summed E-state index contributed by atoms with van der Waals surface area (Å²) in [5.74, 6) is -0.589. The highest BCUT2D eigenvalue weighted by molar-refractivity contribution is 7.92. The second-order valence-electron chi connectivity index (χ2n) is 5.71. The van der Waals surface area contributed by atoms with Crippen molar-refractivity contribution in [1.29, 1.82) is 0 Å². The zero-order chi connectivity index (χ0) is 17.3. The van der Waals surface area contributed by atoms with Crippen LogP contribution in [0.1, 0.15) is 18.4 Å². The van der Waals surface area contributed by atoms with Crippen LogP contribution < -0.4 is 9.62 Å². The van der Waals surface area contributed by atoms with E-state index in [9.17, 15) is 17.6 Å². The van der Waals surface area contributed by atoms with E-state index in [0.717, 1.165) is 18.1 Å². The van der Waals surface area contributed by atoms with E-state index in [4.69, 9.17) is 0 Å². The van der Waals surface area contributed by atoms with Crippen LogP contribution in [-0.4, -0.2) is 20.9 Å². The number of carbonyl (C=O) groups is 1. The van der Waals surface area contributed by atoms with Crippen molar-refractivity contribution in [3.63, 3.8) is 0 Å². The summed E-state index contributed by atoms with van der Waals surface area (Å²) in [5.41, 5.74) is 1.91. The summed E-state index contributed by atoms with van der Waals surface area (Å²) in [6, 6.07) is 9.82. The molecule has 0 radical (unpaired) electrons. The molecule has 1 N–H and O–H groups in total. The van der Waals surface area contributed by atoms with Crippen LogP contribution in [0.4, 0.5) is 15.8 Å². The van der Waals surface area contributed by atoms with Crippen LogP contribution in [0.2, 0.25) is 0 Å². The maximum atomic E-state index is 13.3. The SMILES string of the molecule is Cc1ccc(NS(=O)(=O)c2cccc(F)c2)cc1N1CCCC1=O. The van der Waals surface area contributed by atoms with Gasteiger partial charge in [-0.05, 0) is 49.2 Å². The Labute approximate surface area is 140 Å². The standard InChI is InChI=1S/C17H17FN2O3S/c1-12-7-8-14(11-16(12)20-9-3-6-17(20)21)19-24(22,23)15-5-2-4-13(18)10-15/h2,4-5,7-8,10-11,19H,3,6,9H2,1H3. The largest absolute Gasteiger partial charge is 0.312 e. The van der Waals surface area contributed by atoms with E-state index in [1.807, 2.05) is 6.92 Å². The first kappa shape index (κ1) is 16.4. The van der Waals surface area contributed by atoms with Crippen LogP contribution in [0.3, 0.4) is 0 Å². The Morgan fingerprint density at radius 1 is 1.17 bits per heavy atom. The number of amides is 1. The van der Waals surface area contributed by atoms with Gasteiger partial charge in [-0.2, -0.15) is 0 Å². The van der Waals surface area contributed by atoms with E-state index in [2.05, 4.69) is 4.72 Å². The molecule has 1 heterocycles. The second kappa shape index (κ2) is 6.24. The molecule has 0 saturated carbocycles. The lowest BCUT2D eigenvalue weighted by Gasteiger charge is -2.19. The number of halogens is 1. The Morgan fingerprint density at radius 2 is 1.96 bits per heavy atom. The van der Waals surface area contributed by atoms with Crippen LogP contribution in [-0.2, 0) is 14.8 Å². The van der Waals surface area contributed by atoms with E-state index < -0.39 is 15.8 Å². The van der Waals surface area contributed by atoms with Crippen LogP contribution in [0.15, 0.2) is 47.4 Å². The molecule has 0 bridgehead atoms. The summed E-state index contributed by atoms with van der Waals surface area (Å²) < 4.78 is 40.5. The van der Waals surface area contributed by atoms with Crippen molar-refractivity contribution in [3.8, 4) is 0 Å². The third-order valence-corrected chi connectivity index (χ3v) is 5.31. The number of aryl methyl sites for hydroxylation is 1. The predicted octanol–water partition coefficient (Wildman–Crippen LogP) is 3.06. The van der Waals surface area contributed by atoms with Crippen molar-refractivity contribution in [3.05, 3.63) is 53.8 Å². The number of carbonyl (C=O) groups excluding carboxylic acids is 1. The number of rotatable bonds is 4. The summed E-state index contributed by atoms with van der Waals surface area (Å²) >= 11 is 0. The normalized spacial score (nSPS) is 14.9. The van der Waals surface area contributed by atoms with Crippen molar-refractivity contribution in [2.24, 2.45) is 0 Å². The number of hydrogen-bond donors (Lipinski definition) is 1. The molecule has 1 saturated heterocycles. The van der Waals surface area contributed by atoms with E-state index >= 15 is 0 Å². The fourth-order valence-electron chi connectivity index (χ4n) is 2.71. The maximum absolute atomic E-state index is 13.3. The highest BCUT2D eigenvalue weighted by atomic mass is 32.2. The minimum absolute atomic E-state index is 0.0308. The highest BCUT2D eigenvalue weighted by Crippen LogP contribution is 2.29. The molecule has 0 aromatic heterocycles. The third-order valence-electron chi connectivity index (χ3n) is 3.93. The van der Waals surface area contributed by atoms with Crippen molar-refractivity contribution in [2.75, 3.05) is 16.2 Å². The average Bonchev–Trinajstić information content (AvgIpc) is 2.95. The second-order valence-corrected chi connectivity index (χ2v) is 7.40. The van der Waals surface area contributed by atoms with Crippen molar-refractivity contribution in [1.82, 2.24) is 0 Å². The third kappa shape index (κ3) is 3.26. The summed E-state index contributed by atoms with van der Waals surface area (Å²) in [6.45, 7) is 2.49. The van der Waals surface area contributed by atoms with E-state index in [1.54, 1.807) is 23.1 Å². The van der Waals surface area contributed by atoms with E-state index in [0.29, 0.717) is 24.3 Å². The minimum atomic E-state index is -3.90. The molecule has 0 atom stereocenters. The van der Waals surface area contributed by atoms with Crippen LogP contribution in [0, 0.1) is 12.7 Å². The summed E-state index contributed by atoms with van der Waals surface area (Å²) in [6.07, 6.45) is 1.29. The van der Waals surface area contributed by atoms with Gasteiger partial charge in [0, 0.05) is 18.7 Å². The molecule has 24 heavy (non-hydrogen) atoms. The number of nitrogens with zero attached hydrogens (tertiary/aromatic N) is 1. The zero-order valence-corrected chi connectivity index (χ0v) is 13.9. The molecular formula is C17H17FN2O3S. The molecule has 1 fully saturated rings. The molecular weight excluding hydrogens is 331 g/mol. The maximum Gasteiger partial charge on any atom is 0.261 e. The van der Waals surface area contributed by atoms with Crippen LogP contribution in [0.25, 0.3) is 0 Å². The van der Waals surface area contributed by atoms with Crippen LogP contribution >= 0.6 is 0 Å². The molecule has 2 aromatic carbocycles. The monoisotopic (exact) mass is 348 g/mol. The lowest BCUT2D eigenvalue weighted by molar-refractivity contribution is -0.117. The minimum Gasteiger partial charge on any atom is -0.312 e. The molecule has 0 unspecified atom stereocenters. The fourth-order valence-corrected chi connectivity index (χ4v) is 3.80. The first-order valence-electron chi connectivity index (χ1n) is 7.56. The van der Waals surface area contributed by atoms with Crippen molar-refractivity contribution in [2.45, 2.75) is 24.7 Å². The number of anilines is 2. The molecule has 7 heteroatoms. The van der Waals surface area contributed by atoms with E-state index in [-0.39, 0.29) is 10.8 Å². The predicted molar refractivity (Wildman–Crippen MR) is 90.0 cm³/mol. The lowest BCUT2D eigenvalue weighted by atomic mass is 10.1. The van der Waals surface area contributed by atoms with Crippen LogP contribution in [0.5, 0.6) is 0 Å². The van der Waals surface area contributed by atoms with Gasteiger partial charge in [-0.3, -0.25) is 9.52 Å². The zero-order valence-electron chi connectivity index (χ0n) is 13.1. The van der Waals surface area contributed by atoms with Gasteiger partial charge in [0.25, 0.3) is 10.0 Å². The topological polar surface area (TPSA) is 66.5 Å². The first-order valence-corrected chi connectivity index (χ1v) is 9.04. The number of nitrogens with one attached hydrogen (secondary N) is 1. The molecule has 1 aliphatic rings. The van der Waals surface area contributed by atoms with Gasteiger partial charge >= 0.3 is 0 Å². The quantitative estimate of drug-likeness (QED) is 0.923. The number of sulfonamides is 1. The smallest absolute Gasteiger partial charge is 0.261 e. The molecule has 1 aliphatic heterocycles. The van der Waals surface area contributed by atoms with Gasteiger partial charge in [0.15, 0.2) is 0 Å². The van der Waals surface area contributed by atoms with Gasteiger partial charge < -0.3 is 4.90 Å².